The topological polar surface area (TPSA) is 50.8 Å². The van der Waals surface area contributed by atoms with Crippen molar-refractivity contribution in [2.45, 2.75) is 43.0 Å². The summed E-state index contributed by atoms with van der Waals surface area (Å²) in [6.07, 6.45) is -9.40. The Morgan fingerprint density at radius 1 is 0.900 bits per heavy atom. The van der Waals surface area contributed by atoms with E-state index in [1.165, 1.54) is 43.5 Å². The molecular weight excluding hydrogens is 538 g/mol. The number of rotatable bonds is 8. The van der Waals surface area contributed by atoms with Crippen molar-refractivity contribution in [3.05, 3.63) is 101 Å². The number of hydrogen-bond donors (Lipinski definition) is 1. The average Bonchev–Trinajstić information content (AvgIpc) is 3.36. The Morgan fingerprint density at radius 2 is 1.52 bits per heavy atom. The van der Waals surface area contributed by atoms with Crippen LogP contribution in [0.5, 0.6) is 5.75 Å². The summed E-state index contributed by atoms with van der Waals surface area (Å²) in [6, 6.07) is 16.9. The van der Waals surface area contributed by atoms with Crippen molar-refractivity contribution in [1.29, 1.82) is 0 Å². The number of likely N-dealkylation sites (tertiary alicyclic amines) is 1. The van der Waals surface area contributed by atoms with Gasteiger partial charge in [-0.15, -0.1) is 0 Å². The molecule has 4 rings (SSSR count). The zero-order valence-corrected chi connectivity index (χ0v) is 21.7. The van der Waals surface area contributed by atoms with Gasteiger partial charge in [0.15, 0.2) is 0 Å². The minimum atomic E-state index is -5.08. The summed E-state index contributed by atoms with van der Waals surface area (Å²) < 4.78 is 94.3. The van der Waals surface area contributed by atoms with Crippen LogP contribution >= 0.6 is 0 Å². The molecular formula is C29H28F6N2O3. The standard InChI is InChI=1S/C29H28F6N2O3/c1-39-24-14-13-22(28(30,31)32)17-20(24)18-36-23-15-16-37(25(23)19-9-5-3-6-10-19)26(38)27(40-2,29(33,34)35)21-11-7-4-8-12-21/h3-14,17,23,25,36H,15-16,18H2,1-2H3/t23?,25?,27-/m1/s1. The Bertz CT molecular complexity index is 1300. The molecule has 3 atom stereocenters. The van der Waals surface area contributed by atoms with E-state index in [2.05, 4.69) is 5.32 Å². The molecule has 3 aromatic carbocycles. The third-order valence-electron chi connectivity index (χ3n) is 7.15. The van der Waals surface area contributed by atoms with Crippen LogP contribution in [0, 0.1) is 0 Å². The maximum atomic E-state index is 14.7. The molecule has 1 heterocycles. The molecule has 11 heteroatoms. The lowest BCUT2D eigenvalue weighted by atomic mass is 9.90. The quantitative estimate of drug-likeness (QED) is 0.328. The zero-order valence-electron chi connectivity index (χ0n) is 21.7. The van der Waals surface area contributed by atoms with E-state index < -0.39 is 41.5 Å². The molecule has 0 aromatic heterocycles. The number of carbonyl (C=O) groups excluding carboxylic acids is 1. The van der Waals surface area contributed by atoms with Gasteiger partial charge >= 0.3 is 12.4 Å². The molecule has 1 saturated heterocycles. The summed E-state index contributed by atoms with van der Waals surface area (Å²) in [7, 11) is 2.18. The van der Waals surface area contributed by atoms with Gasteiger partial charge in [-0.2, -0.15) is 26.3 Å². The van der Waals surface area contributed by atoms with E-state index in [1.807, 2.05) is 0 Å². The number of amides is 1. The molecule has 0 saturated carbocycles. The van der Waals surface area contributed by atoms with E-state index in [9.17, 15) is 31.1 Å². The first-order valence-corrected chi connectivity index (χ1v) is 12.4. The highest BCUT2D eigenvalue weighted by atomic mass is 19.4. The average molecular weight is 567 g/mol. The molecule has 0 spiro atoms. The van der Waals surface area contributed by atoms with Crippen LogP contribution in [0.25, 0.3) is 0 Å². The lowest BCUT2D eigenvalue weighted by Gasteiger charge is -2.39. The van der Waals surface area contributed by atoms with Gasteiger partial charge in [-0.25, -0.2) is 0 Å². The molecule has 5 nitrogen and oxygen atoms in total. The van der Waals surface area contributed by atoms with E-state index in [0.717, 1.165) is 24.1 Å². The van der Waals surface area contributed by atoms with Crippen molar-refractivity contribution in [3.8, 4) is 5.75 Å². The second-order valence-electron chi connectivity index (χ2n) is 9.40. The summed E-state index contributed by atoms with van der Waals surface area (Å²) in [5.41, 5.74) is -3.67. The fourth-order valence-corrected chi connectivity index (χ4v) is 5.23. The SMILES string of the molecule is COc1ccc(C(F)(F)F)cc1CNC1CCN(C(=O)[C@](OC)(c2ccccc2)C(F)(F)F)C1c1ccccc1. The number of methoxy groups -OCH3 is 2. The monoisotopic (exact) mass is 566 g/mol. The maximum absolute atomic E-state index is 14.7. The highest BCUT2D eigenvalue weighted by molar-refractivity contribution is 5.88. The molecule has 1 amide bonds. The largest absolute Gasteiger partial charge is 0.496 e. The van der Waals surface area contributed by atoms with Gasteiger partial charge in [-0.3, -0.25) is 4.79 Å². The van der Waals surface area contributed by atoms with E-state index in [0.29, 0.717) is 5.56 Å². The van der Waals surface area contributed by atoms with E-state index in [4.69, 9.17) is 9.47 Å². The second kappa shape index (κ2) is 11.5. The zero-order chi connectivity index (χ0) is 29.1. The van der Waals surface area contributed by atoms with Gasteiger partial charge < -0.3 is 19.7 Å². The maximum Gasteiger partial charge on any atom is 0.430 e. The molecule has 3 aromatic rings. The second-order valence-corrected chi connectivity index (χ2v) is 9.40. The van der Waals surface area contributed by atoms with Crippen LogP contribution in [0.4, 0.5) is 26.3 Å². The Kier molecular flexibility index (Phi) is 8.46. The van der Waals surface area contributed by atoms with Crippen LogP contribution in [0.1, 0.15) is 34.7 Å². The van der Waals surface area contributed by atoms with E-state index in [-0.39, 0.29) is 36.4 Å². The molecule has 0 radical (unpaired) electrons. The molecule has 1 N–H and O–H groups in total. The number of benzene rings is 3. The molecule has 214 valence electrons. The van der Waals surface area contributed by atoms with Crippen LogP contribution < -0.4 is 10.1 Å². The summed E-state index contributed by atoms with van der Waals surface area (Å²) in [5.74, 6) is -1.05. The van der Waals surface area contributed by atoms with Crippen LogP contribution in [0.15, 0.2) is 78.9 Å². The third kappa shape index (κ3) is 5.53. The van der Waals surface area contributed by atoms with Crippen molar-refractivity contribution in [2.24, 2.45) is 0 Å². The van der Waals surface area contributed by atoms with Gasteiger partial charge in [-0.1, -0.05) is 60.7 Å². The van der Waals surface area contributed by atoms with Crippen LogP contribution in [0.2, 0.25) is 0 Å². The minimum absolute atomic E-state index is 0.0379. The van der Waals surface area contributed by atoms with Gasteiger partial charge in [0.05, 0.1) is 18.7 Å². The first-order valence-electron chi connectivity index (χ1n) is 12.4. The first kappa shape index (κ1) is 29.4. The molecule has 40 heavy (non-hydrogen) atoms. The van der Waals surface area contributed by atoms with Gasteiger partial charge in [-0.05, 0) is 30.2 Å². The Morgan fingerprint density at radius 3 is 2.08 bits per heavy atom. The van der Waals surface area contributed by atoms with E-state index in [1.54, 1.807) is 30.3 Å². The lowest BCUT2D eigenvalue weighted by molar-refractivity contribution is -0.270. The smallest absolute Gasteiger partial charge is 0.430 e. The molecule has 1 aliphatic rings. The van der Waals surface area contributed by atoms with Crippen molar-refractivity contribution in [1.82, 2.24) is 10.2 Å². The predicted molar refractivity (Wildman–Crippen MR) is 135 cm³/mol. The van der Waals surface area contributed by atoms with Crippen molar-refractivity contribution >= 4 is 5.91 Å². The summed E-state index contributed by atoms with van der Waals surface area (Å²) in [4.78, 5) is 15.1. The number of nitrogens with one attached hydrogen (secondary N) is 1. The van der Waals surface area contributed by atoms with Crippen LogP contribution in [0.3, 0.4) is 0 Å². The first-order chi connectivity index (χ1) is 18.9. The normalized spacial score (nSPS) is 19.4. The van der Waals surface area contributed by atoms with Crippen molar-refractivity contribution in [3.63, 3.8) is 0 Å². The summed E-state index contributed by atoms with van der Waals surface area (Å²) in [6.45, 7) is -0.111. The van der Waals surface area contributed by atoms with Gasteiger partial charge in [0.2, 0.25) is 0 Å². The van der Waals surface area contributed by atoms with Gasteiger partial charge in [0.1, 0.15) is 5.75 Å². The third-order valence-corrected chi connectivity index (χ3v) is 7.15. The van der Waals surface area contributed by atoms with Crippen LogP contribution in [-0.4, -0.2) is 43.8 Å². The van der Waals surface area contributed by atoms with Gasteiger partial charge in [0.25, 0.3) is 11.5 Å². The van der Waals surface area contributed by atoms with Crippen LogP contribution in [-0.2, 0) is 27.9 Å². The highest BCUT2D eigenvalue weighted by Gasteiger charge is 2.65. The Labute approximate surface area is 227 Å². The Hall–Kier alpha value is -3.57. The molecule has 2 unspecified atom stereocenters. The number of ether oxygens (including phenoxy) is 2. The Balaban J connectivity index is 1.71. The highest BCUT2D eigenvalue weighted by Crippen LogP contribution is 2.46. The molecule has 0 aliphatic carbocycles. The fraction of sp³-hybridized carbons (Fsp3) is 0.345. The predicted octanol–water partition coefficient (Wildman–Crippen LogP) is 6.25. The summed E-state index contributed by atoms with van der Waals surface area (Å²) >= 11 is 0. The molecule has 0 bridgehead atoms. The fourth-order valence-electron chi connectivity index (χ4n) is 5.23. The molecule has 1 fully saturated rings. The summed E-state index contributed by atoms with van der Waals surface area (Å²) in [5, 5.41) is 3.17. The van der Waals surface area contributed by atoms with Gasteiger partial charge in [0, 0.05) is 37.4 Å². The lowest BCUT2D eigenvalue weighted by Crippen LogP contribution is -2.57. The van der Waals surface area contributed by atoms with E-state index >= 15 is 0 Å². The number of hydrogen-bond acceptors (Lipinski definition) is 4. The van der Waals surface area contributed by atoms with Crippen molar-refractivity contribution in [2.75, 3.05) is 20.8 Å². The minimum Gasteiger partial charge on any atom is -0.496 e. The van der Waals surface area contributed by atoms with Crippen molar-refractivity contribution < 1.29 is 40.6 Å². The number of nitrogens with zero attached hydrogens (tertiary/aromatic N) is 1. The number of halogens is 6. The number of carbonyl (C=O) groups is 1. The molecule has 1 aliphatic heterocycles. The number of alkyl halides is 6.